The lowest BCUT2D eigenvalue weighted by Gasteiger charge is -2.02. The van der Waals surface area contributed by atoms with Gasteiger partial charge in [0.15, 0.2) is 0 Å². The van der Waals surface area contributed by atoms with Crippen LogP contribution in [-0.4, -0.2) is 22.9 Å². The number of nitrogens with two attached hydrogens (primary N) is 2. The van der Waals surface area contributed by atoms with Crippen LogP contribution < -0.4 is 11.5 Å². The molecule has 1 amide bonds. The van der Waals surface area contributed by atoms with Crippen LogP contribution in [0.4, 0.5) is 0 Å². The standard InChI is InChI=1S/C7H11N3O2/c1-2-3-5(11)4(7(9)12)6(8)10-3/h3,11H,2H2,1H3,(H2,8,10)(H2,9,12)/t3-/m1/s1. The van der Waals surface area contributed by atoms with E-state index < -0.39 is 11.9 Å². The molecule has 0 aromatic carbocycles. The van der Waals surface area contributed by atoms with Crippen LogP contribution in [0.15, 0.2) is 16.3 Å². The Hall–Kier alpha value is -1.52. The van der Waals surface area contributed by atoms with Gasteiger partial charge in [0.1, 0.15) is 23.2 Å². The lowest BCUT2D eigenvalue weighted by Crippen LogP contribution is -2.25. The Kier molecular flexibility index (Phi) is 2.03. The third kappa shape index (κ3) is 1.13. The van der Waals surface area contributed by atoms with E-state index in [1.807, 2.05) is 6.92 Å². The fraction of sp³-hybridized carbons (Fsp3) is 0.429. The van der Waals surface area contributed by atoms with Gasteiger partial charge in [0.2, 0.25) is 0 Å². The fourth-order valence-corrected chi connectivity index (χ4v) is 1.13. The molecule has 5 heteroatoms. The molecule has 1 heterocycles. The maximum Gasteiger partial charge on any atom is 0.255 e. The number of carbonyl (C=O) groups excluding carboxylic acids is 1. The highest BCUT2D eigenvalue weighted by Crippen LogP contribution is 2.19. The van der Waals surface area contributed by atoms with Crippen molar-refractivity contribution in [2.75, 3.05) is 0 Å². The number of carbonyl (C=O) groups is 1. The number of nitrogens with zero attached hydrogens (tertiary/aromatic N) is 1. The highest BCUT2D eigenvalue weighted by Gasteiger charge is 2.28. The summed E-state index contributed by atoms with van der Waals surface area (Å²) in [5, 5.41) is 9.37. The minimum Gasteiger partial charge on any atom is -0.509 e. The summed E-state index contributed by atoms with van der Waals surface area (Å²) in [6.45, 7) is 1.83. The van der Waals surface area contributed by atoms with Crippen molar-refractivity contribution >= 4 is 11.7 Å². The van der Waals surface area contributed by atoms with Crippen molar-refractivity contribution in [2.24, 2.45) is 16.5 Å². The second kappa shape index (κ2) is 2.84. The van der Waals surface area contributed by atoms with Crippen LogP contribution in [0.2, 0.25) is 0 Å². The van der Waals surface area contributed by atoms with Gasteiger partial charge in [-0.15, -0.1) is 0 Å². The Morgan fingerprint density at radius 1 is 1.75 bits per heavy atom. The van der Waals surface area contributed by atoms with E-state index in [4.69, 9.17) is 11.5 Å². The summed E-state index contributed by atoms with van der Waals surface area (Å²) in [6.07, 6.45) is 0.601. The zero-order valence-electron chi connectivity index (χ0n) is 6.74. The first-order chi connectivity index (χ1) is 5.57. The first-order valence-corrected chi connectivity index (χ1v) is 3.64. The van der Waals surface area contributed by atoms with Gasteiger partial charge >= 0.3 is 0 Å². The van der Waals surface area contributed by atoms with Crippen molar-refractivity contribution in [2.45, 2.75) is 19.4 Å². The van der Waals surface area contributed by atoms with Crippen molar-refractivity contribution in [1.29, 1.82) is 0 Å². The summed E-state index contributed by atoms with van der Waals surface area (Å²) in [5.41, 5.74) is 10.3. The summed E-state index contributed by atoms with van der Waals surface area (Å²) >= 11 is 0. The van der Waals surface area contributed by atoms with E-state index >= 15 is 0 Å². The van der Waals surface area contributed by atoms with Gasteiger partial charge in [0.05, 0.1) is 0 Å². The first-order valence-electron chi connectivity index (χ1n) is 3.64. The van der Waals surface area contributed by atoms with E-state index in [1.165, 1.54) is 0 Å². The SMILES string of the molecule is CC[C@H]1N=C(N)C(C(N)=O)=C1O. The molecule has 5 nitrogen and oxygen atoms in total. The van der Waals surface area contributed by atoms with Crippen molar-refractivity contribution < 1.29 is 9.90 Å². The van der Waals surface area contributed by atoms with Crippen LogP contribution in [0.1, 0.15) is 13.3 Å². The summed E-state index contributed by atoms with van der Waals surface area (Å²) in [5.74, 6) is -0.806. The predicted octanol–water partition coefficient (Wildman–Crippen LogP) is -0.567. The Morgan fingerprint density at radius 2 is 2.33 bits per heavy atom. The van der Waals surface area contributed by atoms with Crippen LogP contribution in [0, 0.1) is 0 Å². The average Bonchev–Trinajstić information content (AvgIpc) is 2.25. The number of amidine groups is 1. The molecule has 0 fully saturated rings. The monoisotopic (exact) mass is 169 g/mol. The molecule has 0 spiro atoms. The van der Waals surface area contributed by atoms with Crippen LogP contribution >= 0.6 is 0 Å². The van der Waals surface area contributed by atoms with E-state index in [1.54, 1.807) is 0 Å². The highest BCUT2D eigenvalue weighted by molar-refractivity contribution is 6.21. The van der Waals surface area contributed by atoms with Gasteiger partial charge in [0, 0.05) is 0 Å². The number of rotatable bonds is 2. The number of primary amides is 1. The van der Waals surface area contributed by atoms with Gasteiger partial charge in [-0.2, -0.15) is 0 Å². The van der Waals surface area contributed by atoms with Crippen LogP contribution in [-0.2, 0) is 4.79 Å². The van der Waals surface area contributed by atoms with E-state index in [2.05, 4.69) is 4.99 Å². The van der Waals surface area contributed by atoms with Crippen LogP contribution in [0.5, 0.6) is 0 Å². The second-order valence-corrected chi connectivity index (χ2v) is 2.56. The number of hydrogen-bond donors (Lipinski definition) is 3. The maximum atomic E-state index is 10.7. The normalized spacial score (nSPS) is 22.8. The summed E-state index contributed by atoms with van der Waals surface area (Å²) in [6, 6.07) is -0.396. The van der Waals surface area contributed by atoms with Crippen molar-refractivity contribution in [3.63, 3.8) is 0 Å². The minimum atomic E-state index is -0.732. The van der Waals surface area contributed by atoms with Gasteiger partial charge in [-0.1, -0.05) is 6.92 Å². The van der Waals surface area contributed by atoms with E-state index in [0.717, 1.165) is 0 Å². The molecule has 0 unspecified atom stereocenters. The Morgan fingerprint density at radius 3 is 2.58 bits per heavy atom. The van der Waals surface area contributed by atoms with Crippen molar-refractivity contribution in [1.82, 2.24) is 0 Å². The summed E-state index contributed by atoms with van der Waals surface area (Å²) in [4.78, 5) is 14.6. The van der Waals surface area contributed by atoms with Crippen molar-refractivity contribution in [3.05, 3.63) is 11.3 Å². The number of hydrogen-bond acceptors (Lipinski definition) is 4. The predicted molar refractivity (Wildman–Crippen MR) is 44.6 cm³/mol. The van der Waals surface area contributed by atoms with Gasteiger partial charge in [-0.3, -0.25) is 9.79 Å². The zero-order valence-corrected chi connectivity index (χ0v) is 6.74. The molecule has 0 saturated carbocycles. The molecule has 0 saturated heterocycles. The average molecular weight is 169 g/mol. The number of aliphatic imine (C=N–C) groups is 1. The van der Waals surface area contributed by atoms with Crippen LogP contribution in [0.3, 0.4) is 0 Å². The summed E-state index contributed by atoms with van der Waals surface area (Å²) in [7, 11) is 0. The molecular weight excluding hydrogens is 158 g/mol. The molecule has 5 N–H and O–H groups in total. The largest absolute Gasteiger partial charge is 0.509 e. The molecule has 0 radical (unpaired) electrons. The molecule has 1 aliphatic heterocycles. The molecule has 66 valence electrons. The maximum absolute atomic E-state index is 10.7. The second-order valence-electron chi connectivity index (χ2n) is 2.56. The number of aliphatic hydroxyl groups excluding tert-OH is 1. The molecule has 1 rings (SSSR count). The molecule has 1 aliphatic rings. The van der Waals surface area contributed by atoms with Gasteiger partial charge in [0.25, 0.3) is 5.91 Å². The molecule has 0 aromatic heterocycles. The lowest BCUT2D eigenvalue weighted by atomic mass is 10.1. The third-order valence-electron chi connectivity index (χ3n) is 1.76. The fourth-order valence-electron chi connectivity index (χ4n) is 1.13. The van der Waals surface area contributed by atoms with E-state index in [-0.39, 0.29) is 17.2 Å². The first kappa shape index (κ1) is 8.58. The minimum absolute atomic E-state index is 0.0341. The summed E-state index contributed by atoms with van der Waals surface area (Å²) < 4.78 is 0. The van der Waals surface area contributed by atoms with Gasteiger partial charge in [-0.05, 0) is 6.42 Å². The van der Waals surface area contributed by atoms with E-state index in [9.17, 15) is 9.90 Å². The topological polar surface area (TPSA) is 102 Å². The molecule has 0 aromatic rings. The van der Waals surface area contributed by atoms with E-state index in [0.29, 0.717) is 6.42 Å². The third-order valence-corrected chi connectivity index (χ3v) is 1.76. The molecule has 0 bridgehead atoms. The quantitative estimate of drug-likeness (QED) is 0.516. The molecule has 12 heavy (non-hydrogen) atoms. The zero-order chi connectivity index (χ0) is 9.30. The van der Waals surface area contributed by atoms with Gasteiger partial charge < -0.3 is 16.6 Å². The Balaban J connectivity index is 3.05. The molecular formula is C7H11N3O2. The lowest BCUT2D eigenvalue weighted by molar-refractivity contribution is -0.114. The van der Waals surface area contributed by atoms with Gasteiger partial charge in [-0.25, -0.2) is 0 Å². The number of aliphatic hydroxyl groups is 1. The molecule has 0 aliphatic carbocycles. The van der Waals surface area contributed by atoms with Crippen molar-refractivity contribution in [3.8, 4) is 0 Å². The molecule has 1 atom stereocenters. The highest BCUT2D eigenvalue weighted by atomic mass is 16.3. The Bertz CT molecular complexity index is 280. The van der Waals surface area contributed by atoms with Crippen LogP contribution in [0.25, 0.3) is 0 Å². The number of amides is 1. The smallest absolute Gasteiger partial charge is 0.255 e. The Labute approximate surface area is 69.8 Å².